The van der Waals surface area contributed by atoms with Crippen molar-refractivity contribution in [2.45, 2.75) is 13.8 Å². The van der Waals surface area contributed by atoms with Crippen LogP contribution in [0.15, 0.2) is 18.3 Å². The Morgan fingerprint density at radius 2 is 1.90 bits per heavy atom. The number of carbonyl (C=O) groups excluding carboxylic acids is 2. The average Bonchev–Trinajstić information content (AvgIpc) is 2.48. The highest BCUT2D eigenvalue weighted by Crippen LogP contribution is 2.06. The summed E-state index contributed by atoms with van der Waals surface area (Å²) >= 11 is 0. The predicted octanol–water partition coefficient (Wildman–Crippen LogP) is 0.855. The highest BCUT2D eigenvalue weighted by atomic mass is 16.2. The van der Waals surface area contributed by atoms with Gasteiger partial charge >= 0.3 is 0 Å². The first kappa shape index (κ1) is 17.1. The summed E-state index contributed by atoms with van der Waals surface area (Å²) in [6.07, 6.45) is 1.50. The lowest BCUT2D eigenvalue weighted by Crippen LogP contribution is -2.33. The molecule has 1 N–H and O–H groups in total. The van der Waals surface area contributed by atoms with Crippen LogP contribution in [0.2, 0.25) is 0 Å². The van der Waals surface area contributed by atoms with Crippen molar-refractivity contribution in [2.24, 2.45) is 0 Å². The van der Waals surface area contributed by atoms with E-state index >= 15 is 0 Å². The lowest BCUT2D eigenvalue weighted by molar-refractivity contribution is 0.0773. The number of nitrogens with zero attached hydrogens (tertiary/aromatic N) is 3. The van der Waals surface area contributed by atoms with E-state index < -0.39 is 0 Å². The van der Waals surface area contributed by atoms with Crippen molar-refractivity contribution in [3.05, 3.63) is 29.6 Å². The number of amides is 2. The van der Waals surface area contributed by atoms with Gasteiger partial charge in [0.25, 0.3) is 11.8 Å². The van der Waals surface area contributed by atoms with Crippen LogP contribution >= 0.6 is 0 Å². The molecule has 1 heterocycles. The molecule has 0 bridgehead atoms. The van der Waals surface area contributed by atoms with Gasteiger partial charge in [0.2, 0.25) is 0 Å². The minimum absolute atomic E-state index is 0.0789. The quantitative estimate of drug-likeness (QED) is 0.809. The molecule has 0 unspecified atom stereocenters. The Morgan fingerprint density at radius 1 is 1.24 bits per heavy atom. The molecule has 0 aliphatic carbocycles. The lowest BCUT2D eigenvalue weighted by Gasteiger charge is -2.18. The third kappa shape index (κ3) is 5.15. The Labute approximate surface area is 126 Å². The largest absolute Gasteiger partial charge is 0.349 e. The van der Waals surface area contributed by atoms with E-state index in [4.69, 9.17) is 0 Å². The zero-order valence-corrected chi connectivity index (χ0v) is 13.2. The van der Waals surface area contributed by atoms with E-state index in [2.05, 4.69) is 10.3 Å². The van der Waals surface area contributed by atoms with Gasteiger partial charge in [-0.05, 0) is 40.1 Å². The average molecular weight is 292 g/mol. The van der Waals surface area contributed by atoms with Gasteiger partial charge < -0.3 is 15.1 Å². The summed E-state index contributed by atoms with van der Waals surface area (Å²) in [7, 11) is 3.88. The summed E-state index contributed by atoms with van der Waals surface area (Å²) in [4.78, 5) is 32.0. The molecule has 0 fully saturated rings. The Morgan fingerprint density at radius 3 is 2.48 bits per heavy atom. The number of nitrogens with one attached hydrogen (secondary N) is 1. The number of hydrogen-bond acceptors (Lipinski definition) is 4. The first-order valence-corrected chi connectivity index (χ1v) is 7.17. The minimum Gasteiger partial charge on any atom is -0.349 e. The summed E-state index contributed by atoms with van der Waals surface area (Å²) in [6, 6.07) is 3.18. The first-order chi connectivity index (χ1) is 9.99. The molecule has 0 saturated carbocycles. The molecule has 0 aliphatic heterocycles. The maximum Gasteiger partial charge on any atom is 0.269 e. The number of pyridine rings is 1. The molecule has 1 aromatic rings. The first-order valence-electron chi connectivity index (χ1n) is 7.17. The van der Waals surface area contributed by atoms with E-state index in [-0.39, 0.29) is 17.5 Å². The van der Waals surface area contributed by atoms with Gasteiger partial charge in [-0.25, -0.2) is 0 Å². The normalized spacial score (nSPS) is 10.5. The Balaban J connectivity index is 2.76. The topological polar surface area (TPSA) is 65.5 Å². The highest BCUT2D eigenvalue weighted by molar-refractivity contribution is 5.98. The van der Waals surface area contributed by atoms with Crippen LogP contribution in [0, 0.1) is 0 Å². The van der Waals surface area contributed by atoms with Gasteiger partial charge in [0.1, 0.15) is 5.69 Å². The Hall–Kier alpha value is -1.95. The second-order valence-electron chi connectivity index (χ2n) is 4.97. The van der Waals surface area contributed by atoms with Gasteiger partial charge in [-0.2, -0.15) is 0 Å². The smallest absolute Gasteiger partial charge is 0.269 e. The molecule has 1 aromatic heterocycles. The van der Waals surface area contributed by atoms with Gasteiger partial charge in [-0.3, -0.25) is 14.6 Å². The van der Waals surface area contributed by atoms with Crippen LogP contribution in [0.25, 0.3) is 0 Å². The third-order valence-corrected chi connectivity index (χ3v) is 3.13. The summed E-state index contributed by atoms with van der Waals surface area (Å²) in [5.74, 6) is -0.337. The molecular formula is C15H24N4O2. The standard InChI is InChI=1S/C15H24N4O2/c1-5-19(6-2)15(21)12-7-8-16-13(11-12)14(20)17-9-10-18(3)4/h7-8,11H,5-6,9-10H2,1-4H3,(H,17,20). The summed E-state index contributed by atoms with van der Waals surface area (Å²) in [5, 5.41) is 2.79. The van der Waals surface area contributed by atoms with Crippen molar-refractivity contribution in [1.82, 2.24) is 20.1 Å². The zero-order valence-electron chi connectivity index (χ0n) is 13.2. The fourth-order valence-electron chi connectivity index (χ4n) is 1.86. The maximum absolute atomic E-state index is 12.2. The Kier molecular flexibility index (Phi) is 6.81. The number of aromatic nitrogens is 1. The second kappa shape index (κ2) is 8.36. The molecule has 21 heavy (non-hydrogen) atoms. The highest BCUT2D eigenvalue weighted by Gasteiger charge is 2.15. The molecule has 116 valence electrons. The molecule has 1 rings (SSSR count). The van der Waals surface area contributed by atoms with Crippen LogP contribution in [0.4, 0.5) is 0 Å². The molecular weight excluding hydrogens is 268 g/mol. The van der Waals surface area contributed by atoms with E-state index in [9.17, 15) is 9.59 Å². The summed E-state index contributed by atoms with van der Waals surface area (Å²) in [5.41, 5.74) is 0.762. The third-order valence-electron chi connectivity index (χ3n) is 3.13. The minimum atomic E-state index is -0.258. The van der Waals surface area contributed by atoms with Gasteiger partial charge in [-0.1, -0.05) is 0 Å². The fourth-order valence-corrected chi connectivity index (χ4v) is 1.86. The van der Waals surface area contributed by atoms with Gasteiger partial charge in [-0.15, -0.1) is 0 Å². The van der Waals surface area contributed by atoms with Crippen LogP contribution in [0.1, 0.15) is 34.7 Å². The van der Waals surface area contributed by atoms with Crippen molar-refractivity contribution in [3.63, 3.8) is 0 Å². The van der Waals surface area contributed by atoms with E-state index in [0.29, 0.717) is 25.2 Å². The van der Waals surface area contributed by atoms with Crippen LogP contribution in [0.5, 0.6) is 0 Å². The SMILES string of the molecule is CCN(CC)C(=O)c1ccnc(C(=O)NCCN(C)C)c1. The molecule has 0 aliphatic rings. The van der Waals surface area contributed by atoms with Crippen molar-refractivity contribution in [1.29, 1.82) is 0 Å². The van der Waals surface area contributed by atoms with E-state index in [1.807, 2.05) is 32.8 Å². The van der Waals surface area contributed by atoms with Crippen molar-refractivity contribution < 1.29 is 9.59 Å². The van der Waals surface area contributed by atoms with Gasteiger partial charge in [0.05, 0.1) is 0 Å². The van der Waals surface area contributed by atoms with Crippen molar-refractivity contribution in [3.8, 4) is 0 Å². The predicted molar refractivity (Wildman–Crippen MR) is 82.4 cm³/mol. The van der Waals surface area contributed by atoms with Crippen LogP contribution in [-0.4, -0.2) is 66.9 Å². The van der Waals surface area contributed by atoms with Gasteiger partial charge in [0.15, 0.2) is 0 Å². The van der Waals surface area contributed by atoms with E-state index in [1.165, 1.54) is 6.20 Å². The lowest BCUT2D eigenvalue weighted by atomic mass is 10.2. The maximum atomic E-state index is 12.2. The molecule has 0 aromatic carbocycles. The molecule has 0 radical (unpaired) electrons. The number of rotatable bonds is 7. The zero-order chi connectivity index (χ0) is 15.8. The van der Waals surface area contributed by atoms with Crippen molar-refractivity contribution in [2.75, 3.05) is 40.3 Å². The molecule has 6 nitrogen and oxygen atoms in total. The molecule has 2 amide bonds. The van der Waals surface area contributed by atoms with Crippen LogP contribution in [-0.2, 0) is 0 Å². The summed E-state index contributed by atoms with van der Waals surface area (Å²) in [6.45, 7) is 6.44. The van der Waals surface area contributed by atoms with E-state index in [0.717, 1.165) is 6.54 Å². The van der Waals surface area contributed by atoms with E-state index in [1.54, 1.807) is 17.0 Å². The van der Waals surface area contributed by atoms with Gasteiger partial charge in [0, 0.05) is 37.9 Å². The molecule has 0 atom stereocenters. The summed E-state index contributed by atoms with van der Waals surface area (Å²) < 4.78 is 0. The Bertz CT molecular complexity index is 484. The van der Waals surface area contributed by atoms with Crippen LogP contribution in [0.3, 0.4) is 0 Å². The fraction of sp³-hybridized carbons (Fsp3) is 0.533. The number of carbonyl (C=O) groups is 2. The number of likely N-dealkylation sites (N-methyl/N-ethyl adjacent to an activating group) is 1. The number of hydrogen-bond donors (Lipinski definition) is 1. The van der Waals surface area contributed by atoms with Crippen molar-refractivity contribution >= 4 is 11.8 Å². The molecule has 0 spiro atoms. The monoisotopic (exact) mass is 292 g/mol. The second-order valence-corrected chi connectivity index (χ2v) is 4.97. The molecule has 0 saturated heterocycles. The molecule has 6 heteroatoms. The van der Waals surface area contributed by atoms with Crippen LogP contribution < -0.4 is 5.32 Å².